The lowest BCUT2D eigenvalue weighted by Gasteiger charge is -2.42. The Balaban J connectivity index is 2.19. The van der Waals surface area contributed by atoms with Crippen LogP contribution in [0.15, 0.2) is 18.2 Å². The van der Waals surface area contributed by atoms with E-state index in [0.29, 0.717) is 17.6 Å². The Morgan fingerprint density at radius 1 is 1.36 bits per heavy atom. The SMILES string of the molecule is CC(C)Oc1ccc(C(CN)N2CCN(C)CC2C)cc1Cl. The summed E-state index contributed by atoms with van der Waals surface area (Å²) in [6.45, 7) is 10.0. The third kappa shape index (κ3) is 4.13. The van der Waals surface area contributed by atoms with Crippen LogP contribution in [0.4, 0.5) is 0 Å². The Kier molecular flexibility index (Phi) is 6.09. The Bertz CT molecular complexity index is 495. The minimum atomic E-state index is 0.117. The average Bonchev–Trinajstić information content (AvgIpc) is 2.44. The van der Waals surface area contributed by atoms with Gasteiger partial charge >= 0.3 is 0 Å². The van der Waals surface area contributed by atoms with Gasteiger partial charge in [0.25, 0.3) is 0 Å². The molecule has 2 atom stereocenters. The number of hydrogen-bond acceptors (Lipinski definition) is 4. The van der Waals surface area contributed by atoms with E-state index in [1.165, 1.54) is 5.56 Å². The first-order valence-corrected chi connectivity index (χ1v) is 8.40. The molecular weight excluding hydrogens is 298 g/mol. The lowest BCUT2D eigenvalue weighted by molar-refractivity contribution is 0.0635. The molecule has 5 heteroatoms. The zero-order valence-corrected chi connectivity index (χ0v) is 14.8. The van der Waals surface area contributed by atoms with Crippen molar-refractivity contribution in [1.82, 2.24) is 9.80 Å². The average molecular weight is 326 g/mol. The van der Waals surface area contributed by atoms with Gasteiger partial charge in [-0.25, -0.2) is 0 Å². The summed E-state index contributed by atoms with van der Waals surface area (Å²) in [4.78, 5) is 4.84. The van der Waals surface area contributed by atoms with Crippen LogP contribution in [0.2, 0.25) is 5.02 Å². The van der Waals surface area contributed by atoms with Crippen LogP contribution in [0.25, 0.3) is 0 Å². The van der Waals surface area contributed by atoms with E-state index in [1.807, 2.05) is 26.0 Å². The zero-order chi connectivity index (χ0) is 16.3. The van der Waals surface area contributed by atoms with E-state index >= 15 is 0 Å². The first-order valence-electron chi connectivity index (χ1n) is 8.02. The second-order valence-corrected chi connectivity index (χ2v) is 6.86. The van der Waals surface area contributed by atoms with Gasteiger partial charge in [0.1, 0.15) is 5.75 Å². The fourth-order valence-corrected chi connectivity index (χ4v) is 3.39. The maximum absolute atomic E-state index is 6.38. The molecule has 2 unspecified atom stereocenters. The van der Waals surface area contributed by atoms with Gasteiger partial charge in [0.15, 0.2) is 0 Å². The van der Waals surface area contributed by atoms with Crippen LogP contribution in [0.1, 0.15) is 32.4 Å². The largest absolute Gasteiger partial charge is 0.489 e. The number of piperazine rings is 1. The van der Waals surface area contributed by atoms with Gasteiger partial charge in [0, 0.05) is 38.3 Å². The van der Waals surface area contributed by atoms with Gasteiger partial charge in [-0.3, -0.25) is 4.90 Å². The molecule has 22 heavy (non-hydrogen) atoms. The summed E-state index contributed by atoms with van der Waals surface area (Å²) >= 11 is 6.38. The molecule has 0 radical (unpaired) electrons. The zero-order valence-electron chi connectivity index (χ0n) is 14.1. The molecular formula is C17H28ClN3O. The topological polar surface area (TPSA) is 41.7 Å². The van der Waals surface area contributed by atoms with E-state index in [1.54, 1.807) is 0 Å². The van der Waals surface area contributed by atoms with E-state index in [9.17, 15) is 0 Å². The fourth-order valence-electron chi connectivity index (χ4n) is 3.15. The number of halogens is 1. The summed E-state index contributed by atoms with van der Waals surface area (Å²) in [5, 5.41) is 0.659. The number of hydrogen-bond donors (Lipinski definition) is 1. The van der Waals surface area contributed by atoms with E-state index < -0.39 is 0 Å². The van der Waals surface area contributed by atoms with Gasteiger partial charge in [0.05, 0.1) is 11.1 Å². The van der Waals surface area contributed by atoms with Crippen LogP contribution in [-0.2, 0) is 0 Å². The molecule has 2 rings (SSSR count). The number of rotatable bonds is 5. The van der Waals surface area contributed by atoms with Crippen molar-refractivity contribution < 1.29 is 4.74 Å². The number of nitrogens with zero attached hydrogens (tertiary/aromatic N) is 2. The van der Waals surface area contributed by atoms with E-state index in [2.05, 4.69) is 29.8 Å². The Morgan fingerprint density at radius 3 is 2.64 bits per heavy atom. The van der Waals surface area contributed by atoms with E-state index in [-0.39, 0.29) is 12.1 Å². The van der Waals surface area contributed by atoms with Crippen LogP contribution >= 0.6 is 11.6 Å². The van der Waals surface area contributed by atoms with Crippen LogP contribution in [0, 0.1) is 0 Å². The lowest BCUT2D eigenvalue weighted by atomic mass is 10.0. The highest BCUT2D eigenvalue weighted by Crippen LogP contribution is 2.31. The lowest BCUT2D eigenvalue weighted by Crippen LogP contribution is -2.52. The summed E-state index contributed by atoms with van der Waals surface area (Å²) in [5.41, 5.74) is 7.24. The summed E-state index contributed by atoms with van der Waals surface area (Å²) in [6.07, 6.45) is 0.117. The van der Waals surface area contributed by atoms with Crippen molar-refractivity contribution in [3.63, 3.8) is 0 Å². The molecule has 1 aliphatic rings. The molecule has 1 aliphatic heterocycles. The van der Waals surface area contributed by atoms with Crippen molar-refractivity contribution in [2.45, 2.75) is 39.0 Å². The Hall–Kier alpha value is -0.810. The highest BCUT2D eigenvalue weighted by Gasteiger charge is 2.28. The minimum Gasteiger partial charge on any atom is -0.489 e. The van der Waals surface area contributed by atoms with Crippen molar-refractivity contribution in [3.8, 4) is 5.75 Å². The molecule has 1 heterocycles. The summed E-state index contributed by atoms with van der Waals surface area (Å²) in [5.74, 6) is 0.739. The highest BCUT2D eigenvalue weighted by atomic mass is 35.5. The summed E-state index contributed by atoms with van der Waals surface area (Å²) in [7, 11) is 2.17. The van der Waals surface area contributed by atoms with Crippen molar-refractivity contribution >= 4 is 11.6 Å². The molecule has 1 aromatic carbocycles. The second-order valence-electron chi connectivity index (χ2n) is 6.46. The second kappa shape index (κ2) is 7.64. The van der Waals surface area contributed by atoms with Crippen LogP contribution in [0.3, 0.4) is 0 Å². The molecule has 1 fully saturated rings. The monoisotopic (exact) mass is 325 g/mol. The fraction of sp³-hybridized carbons (Fsp3) is 0.647. The molecule has 0 saturated carbocycles. The van der Waals surface area contributed by atoms with E-state index in [0.717, 1.165) is 25.4 Å². The maximum atomic E-state index is 6.38. The molecule has 1 aromatic rings. The van der Waals surface area contributed by atoms with Gasteiger partial charge < -0.3 is 15.4 Å². The van der Waals surface area contributed by atoms with Gasteiger partial charge in [-0.2, -0.15) is 0 Å². The van der Waals surface area contributed by atoms with Gasteiger partial charge in [-0.05, 0) is 45.5 Å². The molecule has 1 saturated heterocycles. The maximum Gasteiger partial charge on any atom is 0.138 e. The predicted molar refractivity (Wildman–Crippen MR) is 92.7 cm³/mol. The van der Waals surface area contributed by atoms with Crippen LogP contribution in [-0.4, -0.2) is 55.2 Å². The normalized spacial score (nSPS) is 22.0. The molecule has 0 amide bonds. The van der Waals surface area contributed by atoms with Gasteiger partial charge in [0.2, 0.25) is 0 Å². The summed E-state index contributed by atoms with van der Waals surface area (Å²) < 4.78 is 5.71. The standard InChI is InChI=1S/C17H28ClN3O/c1-12(2)22-17-6-5-14(9-15(17)18)16(10-19)21-8-7-20(4)11-13(21)3/h5-6,9,12-13,16H,7-8,10-11,19H2,1-4H3. The number of nitrogens with two attached hydrogens (primary N) is 1. The molecule has 124 valence electrons. The molecule has 0 bridgehead atoms. The first kappa shape index (κ1) is 17.5. The molecule has 0 spiro atoms. The van der Waals surface area contributed by atoms with Gasteiger partial charge in [-0.1, -0.05) is 17.7 Å². The van der Waals surface area contributed by atoms with Crippen LogP contribution < -0.4 is 10.5 Å². The van der Waals surface area contributed by atoms with E-state index in [4.69, 9.17) is 22.1 Å². The Morgan fingerprint density at radius 2 is 2.09 bits per heavy atom. The summed E-state index contributed by atoms with van der Waals surface area (Å²) in [6, 6.07) is 6.74. The molecule has 4 nitrogen and oxygen atoms in total. The van der Waals surface area contributed by atoms with Crippen molar-refractivity contribution in [2.24, 2.45) is 5.73 Å². The quantitative estimate of drug-likeness (QED) is 0.904. The number of likely N-dealkylation sites (N-methyl/N-ethyl adjacent to an activating group) is 1. The predicted octanol–water partition coefficient (Wildman–Crippen LogP) is 2.76. The molecule has 0 aliphatic carbocycles. The third-order valence-corrected chi connectivity index (χ3v) is 4.50. The number of ether oxygens (including phenoxy) is 1. The smallest absolute Gasteiger partial charge is 0.138 e. The van der Waals surface area contributed by atoms with Crippen molar-refractivity contribution in [1.29, 1.82) is 0 Å². The molecule has 0 aromatic heterocycles. The van der Waals surface area contributed by atoms with Gasteiger partial charge in [-0.15, -0.1) is 0 Å². The minimum absolute atomic E-state index is 0.117. The highest BCUT2D eigenvalue weighted by molar-refractivity contribution is 6.32. The van der Waals surface area contributed by atoms with Crippen LogP contribution in [0.5, 0.6) is 5.75 Å². The number of benzene rings is 1. The Labute approximate surface area is 139 Å². The third-order valence-electron chi connectivity index (χ3n) is 4.21. The van der Waals surface area contributed by atoms with Crippen molar-refractivity contribution in [3.05, 3.63) is 28.8 Å². The first-order chi connectivity index (χ1) is 10.4. The van der Waals surface area contributed by atoms with Crippen molar-refractivity contribution in [2.75, 3.05) is 33.2 Å². The molecule has 2 N–H and O–H groups in total.